The number of aryl methyl sites for hydroxylation is 1. The third kappa shape index (κ3) is 4.36. The van der Waals surface area contributed by atoms with Crippen LogP contribution >= 0.6 is 12.2 Å². The Morgan fingerprint density at radius 1 is 1.12 bits per heavy atom. The molecule has 0 aliphatic carbocycles. The lowest BCUT2D eigenvalue weighted by atomic mass is 9.96. The van der Waals surface area contributed by atoms with Gasteiger partial charge in [-0.3, -0.25) is 4.98 Å². The molecule has 168 valence electrons. The van der Waals surface area contributed by atoms with Gasteiger partial charge in [0.25, 0.3) is 0 Å². The van der Waals surface area contributed by atoms with E-state index in [1.807, 2.05) is 30.5 Å². The number of hydrogen-bond donors (Lipinski definition) is 2. The van der Waals surface area contributed by atoms with Crippen LogP contribution in [0.2, 0.25) is 0 Å². The summed E-state index contributed by atoms with van der Waals surface area (Å²) in [7, 11) is 4.19. The lowest BCUT2D eigenvalue weighted by molar-refractivity contribution is 0.292. The van der Waals surface area contributed by atoms with E-state index in [2.05, 4.69) is 64.7 Å². The maximum Gasteiger partial charge on any atom is 0.170 e. The normalized spacial score (nSPS) is 18.4. The number of nitrogens with zero attached hydrogens (tertiary/aromatic N) is 4. The molecule has 6 nitrogen and oxygen atoms in total. The summed E-state index contributed by atoms with van der Waals surface area (Å²) in [5.41, 5.74) is 5.58. The highest BCUT2D eigenvalue weighted by atomic mass is 32.1. The zero-order valence-corrected chi connectivity index (χ0v) is 19.9. The molecule has 2 atom stereocenters. The van der Waals surface area contributed by atoms with Crippen molar-refractivity contribution in [2.24, 2.45) is 0 Å². The Balaban J connectivity index is 1.76. The molecule has 2 aromatic heterocycles. The summed E-state index contributed by atoms with van der Waals surface area (Å²) in [6.07, 6.45) is 2.86. The zero-order chi connectivity index (χ0) is 22.8. The highest BCUT2D eigenvalue weighted by Crippen LogP contribution is 2.41. The maximum absolute atomic E-state index is 9.72. The van der Waals surface area contributed by atoms with Crippen molar-refractivity contribution in [2.75, 3.05) is 27.2 Å². The minimum Gasteiger partial charge on any atom is -0.508 e. The molecule has 0 saturated carbocycles. The molecular formula is C25H31N5OS. The van der Waals surface area contributed by atoms with E-state index >= 15 is 0 Å². The molecule has 3 heterocycles. The molecule has 1 fully saturated rings. The highest BCUT2D eigenvalue weighted by Gasteiger charge is 2.41. The van der Waals surface area contributed by atoms with Crippen LogP contribution in [-0.4, -0.2) is 56.8 Å². The number of phenolic OH excluding ortho intramolecular Hbond substituents is 1. The summed E-state index contributed by atoms with van der Waals surface area (Å²) in [5, 5.41) is 14.0. The summed E-state index contributed by atoms with van der Waals surface area (Å²) in [6.45, 7) is 6.16. The van der Waals surface area contributed by atoms with Gasteiger partial charge in [-0.15, -0.1) is 0 Å². The number of hydrogen-bond acceptors (Lipinski definition) is 4. The largest absolute Gasteiger partial charge is 0.508 e. The van der Waals surface area contributed by atoms with Crippen molar-refractivity contribution in [3.05, 3.63) is 77.4 Å². The van der Waals surface area contributed by atoms with Crippen LogP contribution in [-0.2, 0) is 0 Å². The van der Waals surface area contributed by atoms with E-state index in [0.717, 1.165) is 41.7 Å². The van der Waals surface area contributed by atoms with E-state index in [1.165, 1.54) is 11.3 Å². The molecule has 0 spiro atoms. The Hall–Kier alpha value is -2.90. The SMILES string of the molecule is Cc1cc([C@@H]2[C@H](c3ccccn3)NC(=S)N2CCCN(C)C)c(C)n1-c1ccc(O)cc1. The average Bonchev–Trinajstić information content (AvgIpc) is 3.25. The summed E-state index contributed by atoms with van der Waals surface area (Å²) in [5.74, 6) is 0.268. The number of benzene rings is 1. The first-order chi connectivity index (χ1) is 15.4. The van der Waals surface area contributed by atoms with Gasteiger partial charge in [0.05, 0.1) is 17.8 Å². The number of phenols is 1. The molecule has 1 aliphatic heterocycles. The Morgan fingerprint density at radius 2 is 1.88 bits per heavy atom. The molecule has 1 aliphatic rings. The van der Waals surface area contributed by atoms with Crippen molar-refractivity contribution >= 4 is 17.3 Å². The minimum atomic E-state index is -0.0168. The summed E-state index contributed by atoms with van der Waals surface area (Å²) in [6, 6.07) is 15.7. The number of aromatic hydroxyl groups is 1. The molecule has 0 bridgehead atoms. The predicted molar refractivity (Wildman–Crippen MR) is 132 cm³/mol. The Labute approximate surface area is 195 Å². The van der Waals surface area contributed by atoms with Gasteiger partial charge in [-0.05, 0) is 101 Å². The molecule has 3 aromatic rings. The predicted octanol–water partition coefficient (Wildman–Crippen LogP) is 4.12. The van der Waals surface area contributed by atoms with Crippen LogP contribution in [0.3, 0.4) is 0 Å². The second-order valence-electron chi connectivity index (χ2n) is 8.66. The number of nitrogens with one attached hydrogen (secondary N) is 1. The van der Waals surface area contributed by atoms with Crippen LogP contribution in [0, 0.1) is 13.8 Å². The van der Waals surface area contributed by atoms with E-state index < -0.39 is 0 Å². The quantitative estimate of drug-likeness (QED) is 0.529. The van der Waals surface area contributed by atoms with E-state index in [0.29, 0.717) is 0 Å². The lowest BCUT2D eigenvalue weighted by Crippen LogP contribution is -2.32. The van der Waals surface area contributed by atoms with E-state index in [1.54, 1.807) is 12.1 Å². The van der Waals surface area contributed by atoms with E-state index in [9.17, 15) is 5.11 Å². The third-order valence-corrected chi connectivity index (χ3v) is 6.45. The van der Waals surface area contributed by atoms with Gasteiger partial charge in [0.1, 0.15) is 5.75 Å². The maximum atomic E-state index is 9.72. The Kier molecular flexibility index (Phi) is 6.48. The molecule has 32 heavy (non-hydrogen) atoms. The first-order valence-electron chi connectivity index (χ1n) is 11.0. The van der Waals surface area contributed by atoms with Crippen LogP contribution in [0.1, 0.15) is 41.1 Å². The highest BCUT2D eigenvalue weighted by molar-refractivity contribution is 7.80. The van der Waals surface area contributed by atoms with Crippen molar-refractivity contribution in [3.63, 3.8) is 0 Å². The second kappa shape index (κ2) is 9.30. The van der Waals surface area contributed by atoms with Gasteiger partial charge < -0.3 is 24.8 Å². The summed E-state index contributed by atoms with van der Waals surface area (Å²) < 4.78 is 2.24. The van der Waals surface area contributed by atoms with Crippen LogP contribution in [0.4, 0.5) is 0 Å². The van der Waals surface area contributed by atoms with Gasteiger partial charge in [-0.1, -0.05) is 6.07 Å². The molecule has 7 heteroatoms. The molecule has 0 radical (unpaired) electrons. The fourth-order valence-electron chi connectivity index (χ4n) is 4.63. The van der Waals surface area contributed by atoms with Crippen LogP contribution in [0.25, 0.3) is 5.69 Å². The van der Waals surface area contributed by atoms with E-state index in [4.69, 9.17) is 12.2 Å². The van der Waals surface area contributed by atoms with Gasteiger partial charge in [0.2, 0.25) is 0 Å². The Bertz CT molecular complexity index is 1080. The van der Waals surface area contributed by atoms with Gasteiger partial charge in [-0.2, -0.15) is 0 Å². The average molecular weight is 450 g/mol. The molecule has 1 saturated heterocycles. The second-order valence-corrected chi connectivity index (χ2v) is 9.04. The topological polar surface area (TPSA) is 56.6 Å². The number of thiocarbonyl (C=S) groups is 1. The van der Waals surface area contributed by atoms with Crippen molar-refractivity contribution in [1.29, 1.82) is 0 Å². The smallest absolute Gasteiger partial charge is 0.170 e. The third-order valence-electron chi connectivity index (χ3n) is 6.10. The fourth-order valence-corrected chi connectivity index (χ4v) is 4.96. The zero-order valence-electron chi connectivity index (χ0n) is 19.1. The lowest BCUT2D eigenvalue weighted by Gasteiger charge is -2.28. The summed E-state index contributed by atoms with van der Waals surface area (Å²) in [4.78, 5) is 9.17. The first-order valence-corrected chi connectivity index (χ1v) is 11.4. The molecule has 4 rings (SSSR count). The molecule has 0 unspecified atom stereocenters. The summed E-state index contributed by atoms with van der Waals surface area (Å²) >= 11 is 5.80. The number of aromatic nitrogens is 2. The van der Waals surface area contributed by atoms with Gasteiger partial charge in [-0.25, -0.2) is 0 Å². The van der Waals surface area contributed by atoms with Crippen LogP contribution in [0.5, 0.6) is 5.75 Å². The van der Waals surface area contributed by atoms with Crippen molar-refractivity contribution in [3.8, 4) is 11.4 Å². The van der Waals surface area contributed by atoms with Crippen LogP contribution < -0.4 is 5.32 Å². The van der Waals surface area contributed by atoms with Gasteiger partial charge in [0, 0.05) is 29.8 Å². The van der Waals surface area contributed by atoms with Gasteiger partial charge >= 0.3 is 0 Å². The monoisotopic (exact) mass is 449 g/mol. The van der Waals surface area contributed by atoms with E-state index in [-0.39, 0.29) is 17.8 Å². The molecular weight excluding hydrogens is 418 g/mol. The molecule has 0 amide bonds. The number of rotatable bonds is 7. The van der Waals surface area contributed by atoms with Crippen LogP contribution in [0.15, 0.2) is 54.7 Å². The number of pyridine rings is 1. The van der Waals surface area contributed by atoms with Crippen molar-refractivity contribution < 1.29 is 5.11 Å². The first kappa shape index (κ1) is 22.3. The minimum absolute atomic E-state index is 0.0168. The molecule has 1 aromatic carbocycles. The fraction of sp³-hybridized carbons (Fsp3) is 0.360. The van der Waals surface area contributed by atoms with Crippen molar-refractivity contribution in [1.82, 2.24) is 24.7 Å². The van der Waals surface area contributed by atoms with Gasteiger partial charge in [0.15, 0.2) is 5.11 Å². The Morgan fingerprint density at radius 3 is 2.53 bits per heavy atom. The standard InChI is InChI=1S/C25H31N5OS/c1-17-16-21(18(2)30(17)19-9-11-20(31)12-10-19)24-23(22-8-5-6-13-26-22)27-25(32)29(24)15-7-14-28(3)4/h5-6,8-13,16,23-24,31H,7,14-15H2,1-4H3,(H,27,32)/t23-,24+/m0/s1. The molecule has 2 N–H and O–H groups in total. The van der Waals surface area contributed by atoms with Crippen molar-refractivity contribution in [2.45, 2.75) is 32.4 Å².